The summed E-state index contributed by atoms with van der Waals surface area (Å²) in [4.78, 5) is 14.5. The first kappa shape index (κ1) is 16.2. The van der Waals surface area contributed by atoms with Crippen molar-refractivity contribution in [1.82, 2.24) is 20.0 Å². The van der Waals surface area contributed by atoms with Crippen molar-refractivity contribution in [1.29, 1.82) is 0 Å². The fraction of sp³-hybridized carbons (Fsp3) is 0.647. The van der Waals surface area contributed by atoms with E-state index in [0.717, 1.165) is 37.9 Å². The zero-order valence-corrected chi connectivity index (χ0v) is 13.7. The van der Waals surface area contributed by atoms with Crippen molar-refractivity contribution in [2.24, 2.45) is 7.05 Å². The van der Waals surface area contributed by atoms with E-state index >= 15 is 0 Å². The number of carbonyl (C=O) groups excluding carboxylic acids is 1. The van der Waals surface area contributed by atoms with Gasteiger partial charge in [0.25, 0.3) is 0 Å². The summed E-state index contributed by atoms with van der Waals surface area (Å²) < 4.78 is 1.70. The maximum atomic E-state index is 12.1. The molecule has 23 heavy (non-hydrogen) atoms. The highest BCUT2D eigenvalue weighted by Gasteiger charge is 2.36. The molecule has 2 N–H and O–H groups in total. The Bertz CT molecular complexity index is 563. The van der Waals surface area contributed by atoms with Gasteiger partial charge in [0.15, 0.2) is 0 Å². The number of amides is 1. The Kier molecular flexibility index (Phi) is 5.13. The Labute approximate surface area is 137 Å². The molecular formula is C17H26N4O2. The van der Waals surface area contributed by atoms with Crippen LogP contribution in [-0.4, -0.2) is 57.0 Å². The number of nitrogens with one attached hydrogen (secondary N) is 1. The molecule has 0 bridgehead atoms. The molecule has 0 radical (unpaired) electrons. The van der Waals surface area contributed by atoms with Crippen molar-refractivity contribution in [2.45, 2.75) is 50.3 Å². The lowest BCUT2D eigenvalue weighted by Gasteiger charge is -2.39. The van der Waals surface area contributed by atoms with Gasteiger partial charge < -0.3 is 10.4 Å². The molecule has 1 saturated carbocycles. The molecule has 1 amide bonds. The quantitative estimate of drug-likeness (QED) is 0.810. The third-order valence-corrected chi connectivity index (χ3v) is 4.91. The highest BCUT2D eigenvalue weighted by Crippen LogP contribution is 2.26. The zero-order valence-electron chi connectivity index (χ0n) is 13.7. The summed E-state index contributed by atoms with van der Waals surface area (Å²) in [6.45, 7) is 2.15. The molecule has 0 unspecified atom stereocenters. The third kappa shape index (κ3) is 4.00. The number of rotatable bonds is 4. The van der Waals surface area contributed by atoms with Gasteiger partial charge in [-0.25, -0.2) is 0 Å². The molecule has 1 aromatic rings. The molecule has 0 aromatic carbocycles. The number of hydrogen-bond acceptors (Lipinski definition) is 4. The van der Waals surface area contributed by atoms with Crippen LogP contribution in [0.5, 0.6) is 0 Å². The average Bonchev–Trinajstić information content (AvgIpc) is 3.19. The summed E-state index contributed by atoms with van der Waals surface area (Å²) >= 11 is 0. The maximum absolute atomic E-state index is 12.1. The van der Waals surface area contributed by atoms with Gasteiger partial charge in [0.2, 0.25) is 5.91 Å². The van der Waals surface area contributed by atoms with Crippen molar-refractivity contribution in [2.75, 3.05) is 13.1 Å². The van der Waals surface area contributed by atoms with E-state index in [4.69, 9.17) is 0 Å². The number of aromatic nitrogens is 2. The van der Waals surface area contributed by atoms with Crippen molar-refractivity contribution >= 4 is 12.0 Å². The Morgan fingerprint density at radius 1 is 1.35 bits per heavy atom. The Morgan fingerprint density at radius 3 is 2.83 bits per heavy atom. The third-order valence-electron chi connectivity index (χ3n) is 4.91. The van der Waals surface area contributed by atoms with Gasteiger partial charge in [-0.05, 0) is 51.3 Å². The molecular weight excluding hydrogens is 292 g/mol. The SMILES string of the molecule is Cn1cc(/C=C/C(=O)N[C@@H]2CCC[C@@H](N3CCCC3)[C@@H]2O)cn1. The van der Waals surface area contributed by atoms with Crippen LogP contribution >= 0.6 is 0 Å². The van der Waals surface area contributed by atoms with Gasteiger partial charge in [-0.15, -0.1) is 0 Å². The van der Waals surface area contributed by atoms with E-state index < -0.39 is 6.10 Å². The second-order valence-corrected chi connectivity index (χ2v) is 6.63. The van der Waals surface area contributed by atoms with E-state index in [1.54, 1.807) is 17.0 Å². The highest BCUT2D eigenvalue weighted by atomic mass is 16.3. The Morgan fingerprint density at radius 2 is 2.13 bits per heavy atom. The van der Waals surface area contributed by atoms with Crippen LogP contribution in [0.15, 0.2) is 18.5 Å². The fourth-order valence-electron chi connectivity index (χ4n) is 3.71. The van der Waals surface area contributed by atoms with Crippen LogP contribution in [0.25, 0.3) is 6.08 Å². The minimum atomic E-state index is -0.474. The number of likely N-dealkylation sites (tertiary alicyclic amines) is 1. The lowest BCUT2D eigenvalue weighted by molar-refractivity contribution is -0.119. The van der Waals surface area contributed by atoms with E-state index in [-0.39, 0.29) is 18.0 Å². The number of aliphatic hydroxyl groups is 1. The van der Waals surface area contributed by atoms with Crippen LogP contribution < -0.4 is 5.32 Å². The second-order valence-electron chi connectivity index (χ2n) is 6.63. The Hall–Kier alpha value is -1.66. The fourth-order valence-corrected chi connectivity index (χ4v) is 3.71. The van der Waals surface area contributed by atoms with E-state index in [9.17, 15) is 9.90 Å². The number of aliphatic hydroxyl groups excluding tert-OH is 1. The number of carbonyl (C=O) groups is 1. The summed E-state index contributed by atoms with van der Waals surface area (Å²) in [6, 6.07) is 0.0410. The lowest BCUT2D eigenvalue weighted by atomic mass is 9.87. The van der Waals surface area contributed by atoms with E-state index in [1.165, 1.54) is 18.9 Å². The van der Waals surface area contributed by atoms with E-state index in [1.807, 2.05) is 13.2 Å². The topological polar surface area (TPSA) is 70.4 Å². The monoisotopic (exact) mass is 318 g/mol. The number of hydrogen-bond donors (Lipinski definition) is 2. The number of aryl methyl sites for hydroxylation is 1. The minimum Gasteiger partial charge on any atom is -0.389 e. The van der Waals surface area contributed by atoms with Gasteiger partial charge >= 0.3 is 0 Å². The first-order valence-electron chi connectivity index (χ1n) is 8.53. The molecule has 6 heteroatoms. The molecule has 1 aliphatic carbocycles. The number of nitrogens with zero attached hydrogens (tertiary/aromatic N) is 3. The molecule has 3 rings (SSSR count). The summed E-state index contributed by atoms with van der Waals surface area (Å²) in [5, 5.41) is 17.7. The van der Waals surface area contributed by atoms with E-state index in [2.05, 4.69) is 15.3 Å². The van der Waals surface area contributed by atoms with E-state index in [0.29, 0.717) is 0 Å². The molecule has 2 fully saturated rings. The molecule has 1 aliphatic heterocycles. The standard InChI is InChI=1S/C17H26N4O2/c1-20-12-13(11-18-20)7-8-16(22)19-14-5-4-6-15(17(14)23)21-9-2-3-10-21/h7-8,11-12,14-15,17,23H,2-6,9-10H2,1H3,(H,19,22)/b8-7+/t14-,15-,17-/m1/s1. The summed E-state index contributed by atoms with van der Waals surface area (Å²) in [5.74, 6) is -0.153. The van der Waals surface area contributed by atoms with Crippen LogP contribution in [0.1, 0.15) is 37.7 Å². The van der Waals surface area contributed by atoms with Crippen LogP contribution in [0.3, 0.4) is 0 Å². The van der Waals surface area contributed by atoms with Crippen molar-refractivity contribution in [3.8, 4) is 0 Å². The van der Waals surface area contributed by atoms with Crippen LogP contribution in [0, 0.1) is 0 Å². The Balaban J connectivity index is 1.55. The predicted octanol–water partition coefficient (Wildman–Crippen LogP) is 0.927. The van der Waals surface area contributed by atoms with Crippen molar-refractivity contribution < 1.29 is 9.90 Å². The molecule has 6 nitrogen and oxygen atoms in total. The highest BCUT2D eigenvalue weighted by molar-refractivity contribution is 5.91. The van der Waals surface area contributed by atoms with Gasteiger partial charge in [-0.1, -0.05) is 0 Å². The van der Waals surface area contributed by atoms with Gasteiger partial charge in [-0.3, -0.25) is 14.4 Å². The molecule has 1 aromatic heterocycles. The smallest absolute Gasteiger partial charge is 0.244 e. The molecule has 3 atom stereocenters. The second kappa shape index (κ2) is 7.27. The van der Waals surface area contributed by atoms with Crippen LogP contribution in [0.2, 0.25) is 0 Å². The first-order valence-corrected chi connectivity index (χ1v) is 8.53. The summed E-state index contributed by atoms with van der Waals surface area (Å²) in [6.07, 6.45) is 11.7. The minimum absolute atomic E-state index is 0.152. The normalized spacial score (nSPS) is 29.2. The molecule has 0 spiro atoms. The average molecular weight is 318 g/mol. The maximum Gasteiger partial charge on any atom is 0.244 e. The van der Waals surface area contributed by atoms with Gasteiger partial charge in [0.05, 0.1) is 18.3 Å². The predicted molar refractivity (Wildman–Crippen MR) is 88.6 cm³/mol. The molecule has 2 aliphatic rings. The van der Waals surface area contributed by atoms with Crippen LogP contribution in [-0.2, 0) is 11.8 Å². The van der Waals surface area contributed by atoms with Gasteiger partial charge in [0, 0.05) is 30.9 Å². The first-order chi connectivity index (χ1) is 11.1. The molecule has 2 heterocycles. The zero-order chi connectivity index (χ0) is 16.2. The van der Waals surface area contributed by atoms with Gasteiger partial charge in [-0.2, -0.15) is 5.10 Å². The van der Waals surface area contributed by atoms with Crippen molar-refractivity contribution in [3.05, 3.63) is 24.0 Å². The van der Waals surface area contributed by atoms with Crippen LogP contribution in [0.4, 0.5) is 0 Å². The van der Waals surface area contributed by atoms with Crippen molar-refractivity contribution in [3.63, 3.8) is 0 Å². The largest absolute Gasteiger partial charge is 0.389 e. The molecule has 126 valence electrons. The summed E-state index contributed by atoms with van der Waals surface area (Å²) in [7, 11) is 1.84. The summed E-state index contributed by atoms with van der Waals surface area (Å²) in [5.41, 5.74) is 0.891. The van der Waals surface area contributed by atoms with Gasteiger partial charge in [0.1, 0.15) is 0 Å². The molecule has 1 saturated heterocycles. The lowest BCUT2D eigenvalue weighted by Crippen LogP contribution is -2.55.